The van der Waals surface area contributed by atoms with Crippen molar-refractivity contribution in [1.29, 1.82) is 0 Å². The highest BCUT2D eigenvalue weighted by atomic mass is 16.6. The molecule has 0 aromatic carbocycles. The number of hydrogen-bond acceptors (Lipinski definition) is 9. The second-order valence-corrected chi connectivity index (χ2v) is 3.33. The number of aliphatic hydroxyl groups excluding tert-OH is 3. The summed E-state index contributed by atoms with van der Waals surface area (Å²) in [5, 5.41) is 27.1. The summed E-state index contributed by atoms with van der Waals surface area (Å²) >= 11 is 0. The zero-order valence-corrected chi connectivity index (χ0v) is 10.1. The van der Waals surface area contributed by atoms with Crippen LogP contribution in [0.2, 0.25) is 0 Å². The fourth-order valence-corrected chi connectivity index (χ4v) is 0.936. The summed E-state index contributed by atoms with van der Waals surface area (Å²) in [7, 11) is 0. The molecule has 0 aliphatic carbocycles. The van der Waals surface area contributed by atoms with Crippen LogP contribution < -0.4 is 14.2 Å². The molecule has 9 heteroatoms. The lowest BCUT2D eigenvalue weighted by Crippen LogP contribution is -2.18. The van der Waals surface area contributed by atoms with Crippen molar-refractivity contribution in [3.63, 3.8) is 0 Å². The van der Waals surface area contributed by atoms with Crippen molar-refractivity contribution in [3.05, 3.63) is 0 Å². The molecule has 3 unspecified atom stereocenters. The first-order valence-electron chi connectivity index (χ1n) is 5.17. The molecule has 0 amide bonds. The molecule has 1 aromatic heterocycles. The maximum atomic E-state index is 9.05. The quantitative estimate of drug-likeness (QED) is 0.553. The van der Waals surface area contributed by atoms with Gasteiger partial charge in [-0.15, -0.1) is 15.0 Å². The molecule has 0 aliphatic rings. The van der Waals surface area contributed by atoms with Gasteiger partial charge in [-0.05, 0) is 20.8 Å². The predicted octanol–water partition coefficient (Wildman–Crippen LogP) is -0.977. The van der Waals surface area contributed by atoms with E-state index in [1.54, 1.807) is 0 Å². The molecule has 9 nitrogen and oxygen atoms in total. The van der Waals surface area contributed by atoms with Crippen LogP contribution in [0.1, 0.15) is 20.8 Å². The van der Waals surface area contributed by atoms with E-state index in [4.69, 9.17) is 29.5 Å². The Kier molecular flexibility index (Phi) is 5.01. The summed E-state index contributed by atoms with van der Waals surface area (Å²) in [6.45, 7) is 4.07. The minimum Gasteiger partial charge on any atom is -0.434 e. The van der Waals surface area contributed by atoms with Crippen LogP contribution in [0.4, 0.5) is 0 Å². The standard InChI is InChI=1S/C9H15N3O6/c1-4(13)16-7-10-8(17-5(2)14)12-9(11-7)18-6(3)15/h4-6,13-15H,1-3H3. The molecular weight excluding hydrogens is 246 g/mol. The van der Waals surface area contributed by atoms with Crippen LogP contribution in [0.25, 0.3) is 0 Å². The van der Waals surface area contributed by atoms with Crippen LogP contribution in [0.3, 0.4) is 0 Å². The summed E-state index contributed by atoms with van der Waals surface area (Å²) in [4.78, 5) is 11.0. The molecule has 0 aliphatic heterocycles. The second kappa shape index (κ2) is 6.28. The third-order valence-corrected chi connectivity index (χ3v) is 1.40. The van der Waals surface area contributed by atoms with Gasteiger partial charge >= 0.3 is 18.0 Å². The highest BCUT2D eigenvalue weighted by Crippen LogP contribution is 2.16. The van der Waals surface area contributed by atoms with Crippen LogP contribution >= 0.6 is 0 Å². The Hall–Kier alpha value is -1.71. The molecule has 3 N–H and O–H groups in total. The van der Waals surface area contributed by atoms with E-state index in [2.05, 4.69) is 15.0 Å². The van der Waals surface area contributed by atoms with Gasteiger partial charge in [-0.25, -0.2) is 0 Å². The highest BCUT2D eigenvalue weighted by Gasteiger charge is 2.14. The molecule has 1 aromatic rings. The Labute approximate surface area is 103 Å². The van der Waals surface area contributed by atoms with Gasteiger partial charge in [0.1, 0.15) is 0 Å². The van der Waals surface area contributed by atoms with Crippen molar-refractivity contribution in [1.82, 2.24) is 15.0 Å². The maximum Gasteiger partial charge on any atom is 0.328 e. The molecule has 1 heterocycles. The van der Waals surface area contributed by atoms with Gasteiger partial charge in [0, 0.05) is 0 Å². The van der Waals surface area contributed by atoms with E-state index in [1.165, 1.54) is 20.8 Å². The number of nitrogens with zero attached hydrogens (tertiary/aromatic N) is 3. The monoisotopic (exact) mass is 261 g/mol. The number of rotatable bonds is 6. The molecule has 18 heavy (non-hydrogen) atoms. The molecule has 0 radical (unpaired) electrons. The first-order chi connectivity index (χ1) is 8.36. The fourth-order valence-electron chi connectivity index (χ4n) is 0.936. The zero-order valence-electron chi connectivity index (χ0n) is 10.1. The van der Waals surface area contributed by atoms with Gasteiger partial charge < -0.3 is 29.5 Å². The van der Waals surface area contributed by atoms with E-state index in [-0.39, 0.29) is 18.0 Å². The molecule has 0 saturated carbocycles. The van der Waals surface area contributed by atoms with Crippen molar-refractivity contribution >= 4 is 0 Å². The van der Waals surface area contributed by atoms with E-state index in [1.807, 2.05) is 0 Å². The molecule has 102 valence electrons. The van der Waals surface area contributed by atoms with Crippen LogP contribution in [-0.2, 0) is 0 Å². The van der Waals surface area contributed by atoms with Gasteiger partial charge in [0.05, 0.1) is 0 Å². The SMILES string of the molecule is CC(O)Oc1nc(OC(C)O)nc(OC(C)O)n1. The second-order valence-electron chi connectivity index (χ2n) is 3.33. The summed E-state index contributed by atoms with van der Waals surface area (Å²) < 4.78 is 14.5. The molecule has 1 rings (SSSR count). The van der Waals surface area contributed by atoms with E-state index in [0.29, 0.717) is 0 Å². The average Bonchev–Trinajstić information content (AvgIpc) is 2.12. The lowest BCUT2D eigenvalue weighted by Gasteiger charge is -2.12. The van der Waals surface area contributed by atoms with Crippen molar-refractivity contribution in [2.75, 3.05) is 0 Å². The minimum atomic E-state index is -1.15. The van der Waals surface area contributed by atoms with Gasteiger partial charge in [-0.3, -0.25) is 0 Å². The average molecular weight is 261 g/mol. The Bertz CT molecular complexity index is 315. The van der Waals surface area contributed by atoms with Crippen molar-refractivity contribution in [2.24, 2.45) is 0 Å². The summed E-state index contributed by atoms with van der Waals surface area (Å²) in [5.41, 5.74) is 0. The summed E-state index contributed by atoms with van der Waals surface area (Å²) in [6.07, 6.45) is -3.44. The third kappa shape index (κ3) is 5.08. The summed E-state index contributed by atoms with van der Waals surface area (Å²) in [6, 6.07) is -0.774. The van der Waals surface area contributed by atoms with E-state index in [9.17, 15) is 0 Å². The molecule has 0 bridgehead atoms. The highest BCUT2D eigenvalue weighted by molar-refractivity contribution is 5.09. The van der Waals surface area contributed by atoms with E-state index in [0.717, 1.165) is 0 Å². The first-order valence-corrected chi connectivity index (χ1v) is 5.17. The fraction of sp³-hybridized carbons (Fsp3) is 0.667. The largest absolute Gasteiger partial charge is 0.434 e. The van der Waals surface area contributed by atoms with Gasteiger partial charge in [-0.2, -0.15) is 0 Å². The van der Waals surface area contributed by atoms with E-state index >= 15 is 0 Å². The smallest absolute Gasteiger partial charge is 0.328 e. The van der Waals surface area contributed by atoms with Crippen molar-refractivity contribution in [2.45, 2.75) is 39.6 Å². The van der Waals surface area contributed by atoms with Crippen LogP contribution in [0, 0.1) is 0 Å². The molecular formula is C9H15N3O6. The topological polar surface area (TPSA) is 127 Å². The predicted molar refractivity (Wildman–Crippen MR) is 56.8 cm³/mol. The van der Waals surface area contributed by atoms with Crippen molar-refractivity contribution < 1.29 is 29.5 Å². The lowest BCUT2D eigenvalue weighted by molar-refractivity contribution is -0.0264. The zero-order chi connectivity index (χ0) is 13.7. The number of ether oxygens (including phenoxy) is 3. The first kappa shape index (κ1) is 14.4. The minimum absolute atomic E-state index is 0.258. The molecule has 0 spiro atoms. The number of hydrogen-bond donors (Lipinski definition) is 3. The third-order valence-electron chi connectivity index (χ3n) is 1.40. The summed E-state index contributed by atoms with van der Waals surface area (Å²) in [5.74, 6) is 0. The number of aliphatic hydroxyl groups is 3. The Balaban J connectivity index is 2.95. The van der Waals surface area contributed by atoms with Gasteiger partial charge in [0.15, 0.2) is 18.9 Å². The van der Waals surface area contributed by atoms with Crippen molar-refractivity contribution in [3.8, 4) is 18.0 Å². The van der Waals surface area contributed by atoms with Gasteiger partial charge in [0.25, 0.3) is 0 Å². The van der Waals surface area contributed by atoms with Crippen LogP contribution in [0.15, 0.2) is 0 Å². The molecule has 0 fully saturated rings. The van der Waals surface area contributed by atoms with Crippen LogP contribution in [0.5, 0.6) is 18.0 Å². The Morgan fingerprint density at radius 2 is 0.889 bits per heavy atom. The maximum absolute atomic E-state index is 9.05. The normalized spacial score (nSPS) is 15.7. The van der Waals surface area contributed by atoms with Gasteiger partial charge in [-0.1, -0.05) is 0 Å². The van der Waals surface area contributed by atoms with E-state index < -0.39 is 18.9 Å². The lowest BCUT2D eigenvalue weighted by atomic mass is 10.7. The Morgan fingerprint density at radius 3 is 1.06 bits per heavy atom. The molecule has 0 saturated heterocycles. The number of aromatic nitrogens is 3. The van der Waals surface area contributed by atoms with Crippen LogP contribution in [-0.4, -0.2) is 49.1 Å². The molecule has 3 atom stereocenters. The Morgan fingerprint density at radius 1 is 0.667 bits per heavy atom. The van der Waals surface area contributed by atoms with Gasteiger partial charge in [0.2, 0.25) is 0 Å².